The maximum atomic E-state index is 11.8. The summed E-state index contributed by atoms with van der Waals surface area (Å²) in [6.45, 7) is 4.28. The van der Waals surface area contributed by atoms with Crippen LogP contribution >= 0.6 is 12.2 Å². The van der Waals surface area contributed by atoms with Crippen molar-refractivity contribution in [1.29, 1.82) is 0 Å². The Balaban J connectivity index is 2.26. The van der Waals surface area contributed by atoms with E-state index in [2.05, 4.69) is 10.3 Å². The molecule has 1 aromatic carbocycles. The monoisotopic (exact) mass is 371 g/mol. The van der Waals surface area contributed by atoms with Crippen molar-refractivity contribution in [1.82, 2.24) is 10.3 Å². The first-order valence-corrected chi connectivity index (χ1v) is 8.73. The van der Waals surface area contributed by atoms with Gasteiger partial charge in [-0.2, -0.15) is 0 Å². The van der Waals surface area contributed by atoms with Gasteiger partial charge in [-0.3, -0.25) is 9.78 Å². The third kappa shape index (κ3) is 5.35. The van der Waals surface area contributed by atoms with Gasteiger partial charge in [-0.15, -0.1) is 0 Å². The minimum atomic E-state index is -0.375. The Kier molecular flexibility index (Phi) is 7.23. The summed E-state index contributed by atoms with van der Waals surface area (Å²) >= 11 is 5.41. The van der Waals surface area contributed by atoms with Gasteiger partial charge in [-0.25, -0.2) is 4.79 Å². The smallest absolute Gasteiger partial charge is 0.338 e. The largest absolute Gasteiger partial charge is 0.462 e. The van der Waals surface area contributed by atoms with E-state index < -0.39 is 0 Å². The van der Waals surface area contributed by atoms with Crippen molar-refractivity contribution in [3.8, 4) is 0 Å². The lowest BCUT2D eigenvalue weighted by Gasteiger charge is -2.25. The average Bonchev–Trinajstić information content (AvgIpc) is 2.67. The molecule has 0 aliphatic carbocycles. The highest BCUT2D eigenvalue weighted by Gasteiger charge is 2.16. The minimum Gasteiger partial charge on any atom is -0.462 e. The summed E-state index contributed by atoms with van der Waals surface area (Å²) in [5.41, 5.74) is 2.15. The van der Waals surface area contributed by atoms with E-state index in [1.165, 1.54) is 0 Å². The Bertz CT molecular complexity index is 763. The van der Waals surface area contributed by atoms with Crippen LogP contribution in [0.15, 0.2) is 48.8 Å². The predicted octanol–water partition coefficient (Wildman–Crippen LogP) is 3.08. The second kappa shape index (κ2) is 9.62. The molecule has 0 aliphatic heterocycles. The molecule has 0 unspecified atom stereocenters. The summed E-state index contributed by atoms with van der Waals surface area (Å²) < 4.78 is 4.99. The molecule has 0 radical (unpaired) electrons. The second-order valence-corrected chi connectivity index (χ2v) is 5.81. The zero-order valence-corrected chi connectivity index (χ0v) is 15.6. The van der Waals surface area contributed by atoms with Crippen molar-refractivity contribution < 1.29 is 14.3 Å². The van der Waals surface area contributed by atoms with Crippen molar-refractivity contribution in [2.45, 2.75) is 26.8 Å². The molecule has 136 valence electrons. The fourth-order valence-corrected chi connectivity index (χ4v) is 2.51. The summed E-state index contributed by atoms with van der Waals surface area (Å²) in [4.78, 5) is 29.4. The minimum absolute atomic E-state index is 0.158. The highest BCUT2D eigenvalue weighted by molar-refractivity contribution is 7.80. The maximum Gasteiger partial charge on any atom is 0.338 e. The van der Waals surface area contributed by atoms with E-state index in [9.17, 15) is 9.59 Å². The number of amides is 1. The normalized spacial score (nSPS) is 10.1. The third-order valence-corrected chi connectivity index (χ3v) is 3.89. The molecule has 26 heavy (non-hydrogen) atoms. The summed E-state index contributed by atoms with van der Waals surface area (Å²) in [5.74, 6) is -0.533. The molecular formula is C19H21N3O3S. The number of carbonyl (C=O) groups is 2. The van der Waals surface area contributed by atoms with Gasteiger partial charge >= 0.3 is 5.97 Å². The Labute approximate surface area is 158 Å². The van der Waals surface area contributed by atoms with Crippen LogP contribution in [0.25, 0.3) is 0 Å². The molecule has 0 bridgehead atoms. The molecule has 0 spiro atoms. The summed E-state index contributed by atoms with van der Waals surface area (Å²) in [6.07, 6.45) is 3.77. The number of rotatable bonds is 6. The van der Waals surface area contributed by atoms with Crippen LogP contribution in [0.4, 0.5) is 5.69 Å². The van der Waals surface area contributed by atoms with Gasteiger partial charge in [-0.05, 0) is 55.0 Å². The van der Waals surface area contributed by atoms with Gasteiger partial charge in [0.25, 0.3) is 0 Å². The number of esters is 1. The molecule has 6 nitrogen and oxygen atoms in total. The van der Waals surface area contributed by atoms with Gasteiger partial charge in [0.1, 0.15) is 0 Å². The van der Waals surface area contributed by atoms with E-state index in [-0.39, 0.29) is 11.9 Å². The molecule has 0 atom stereocenters. The zero-order valence-electron chi connectivity index (χ0n) is 14.8. The standard InChI is InChI=1S/C19H21N3O3S/c1-3-17(23)21-19(26)22(13-14-6-5-11-20-12-14)16-9-7-15(8-10-16)18(24)25-4-2/h5-12H,3-4,13H2,1-2H3,(H,21,23,26). The lowest BCUT2D eigenvalue weighted by molar-refractivity contribution is -0.119. The highest BCUT2D eigenvalue weighted by atomic mass is 32.1. The number of nitrogens with one attached hydrogen (secondary N) is 1. The summed E-state index contributed by atoms with van der Waals surface area (Å²) in [6, 6.07) is 10.7. The number of carbonyl (C=O) groups excluding carboxylic acids is 2. The maximum absolute atomic E-state index is 11.8. The Morgan fingerprint density at radius 3 is 2.50 bits per heavy atom. The first-order valence-electron chi connectivity index (χ1n) is 8.32. The molecule has 0 fully saturated rings. The van der Waals surface area contributed by atoms with Crippen LogP contribution in [0.1, 0.15) is 36.2 Å². The topological polar surface area (TPSA) is 71.5 Å². The zero-order chi connectivity index (χ0) is 18.9. The number of hydrogen-bond acceptors (Lipinski definition) is 5. The molecule has 1 heterocycles. The van der Waals surface area contributed by atoms with Gasteiger partial charge in [0.15, 0.2) is 5.11 Å². The molecule has 0 saturated carbocycles. The van der Waals surface area contributed by atoms with Crippen LogP contribution in [-0.2, 0) is 16.1 Å². The Morgan fingerprint density at radius 2 is 1.92 bits per heavy atom. The van der Waals surface area contributed by atoms with Gasteiger partial charge in [0.2, 0.25) is 5.91 Å². The van der Waals surface area contributed by atoms with Gasteiger partial charge in [-0.1, -0.05) is 13.0 Å². The van der Waals surface area contributed by atoms with Crippen LogP contribution in [0, 0.1) is 0 Å². The highest BCUT2D eigenvalue weighted by Crippen LogP contribution is 2.19. The van der Waals surface area contributed by atoms with Crippen molar-refractivity contribution in [3.05, 3.63) is 59.9 Å². The Morgan fingerprint density at radius 1 is 1.19 bits per heavy atom. The Hall–Kier alpha value is -2.80. The van der Waals surface area contributed by atoms with E-state index in [0.29, 0.717) is 30.2 Å². The second-order valence-electron chi connectivity index (χ2n) is 5.42. The van der Waals surface area contributed by atoms with Crippen molar-refractivity contribution in [3.63, 3.8) is 0 Å². The predicted molar refractivity (Wildman–Crippen MR) is 104 cm³/mol. The molecule has 2 aromatic rings. The van der Waals surface area contributed by atoms with E-state index in [1.54, 1.807) is 55.4 Å². The van der Waals surface area contributed by atoms with Crippen LogP contribution in [0.3, 0.4) is 0 Å². The quantitative estimate of drug-likeness (QED) is 0.622. The summed E-state index contributed by atoms with van der Waals surface area (Å²) in [7, 11) is 0. The van der Waals surface area contributed by atoms with Crippen LogP contribution in [0.2, 0.25) is 0 Å². The number of nitrogens with zero attached hydrogens (tertiary/aromatic N) is 2. The van der Waals surface area contributed by atoms with Crippen LogP contribution < -0.4 is 10.2 Å². The van der Waals surface area contributed by atoms with Crippen LogP contribution in [-0.4, -0.2) is 28.6 Å². The SMILES string of the molecule is CCOC(=O)c1ccc(N(Cc2cccnc2)C(=S)NC(=O)CC)cc1. The number of benzene rings is 1. The number of anilines is 1. The number of hydrogen-bond donors (Lipinski definition) is 1. The van der Waals surface area contributed by atoms with E-state index in [4.69, 9.17) is 17.0 Å². The third-order valence-electron chi connectivity index (χ3n) is 3.57. The average molecular weight is 371 g/mol. The first kappa shape index (κ1) is 19.5. The van der Waals surface area contributed by atoms with E-state index in [0.717, 1.165) is 11.3 Å². The van der Waals surface area contributed by atoms with Crippen molar-refractivity contribution in [2.75, 3.05) is 11.5 Å². The molecule has 2 rings (SSSR count). The van der Waals surface area contributed by atoms with E-state index >= 15 is 0 Å². The molecule has 0 aliphatic rings. The van der Waals surface area contributed by atoms with Crippen LogP contribution in [0.5, 0.6) is 0 Å². The van der Waals surface area contributed by atoms with Gasteiger partial charge in [0.05, 0.1) is 18.7 Å². The molecule has 0 saturated heterocycles. The fraction of sp³-hybridized carbons (Fsp3) is 0.263. The number of aromatic nitrogens is 1. The lowest BCUT2D eigenvalue weighted by Crippen LogP contribution is -2.42. The molecule has 1 amide bonds. The number of thiocarbonyl (C=S) groups is 1. The molecule has 7 heteroatoms. The summed E-state index contributed by atoms with van der Waals surface area (Å²) in [5, 5.41) is 3.01. The van der Waals surface area contributed by atoms with Crippen molar-refractivity contribution >= 4 is 34.9 Å². The van der Waals surface area contributed by atoms with Crippen molar-refractivity contribution in [2.24, 2.45) is 0 Å². The molecule has 1 aromatic heterocycles. The lowest BCUT2D eigenvalue weighted by atomic mass is 10.2. The number of pyridine rings is 1. The van der Waals surface area contributed by atoms with E-state index in [1.807, 2.05) is 12.1 Å². The molecular weight excluding hydrogens is 350 g/mol. The molecule has 1 N–H and O–H groups in total. The fourth-order valence-electron chi connectivity index (χ4n) is 2.22. The van der Waals surface area contributed by atoms with Gasteiger partial charge < -0.3 is 15.0 Å². The first-order chi connectivity index (χ1) is 12.5. The van der Waals surface area contributed by atoms with Gasteiger partial charge in [0, 0.05) is 24.5 Å². The number of ether oxygens (including phenoxy) is 1.